The topological polar surface area (TPSA) is 274 Å². The van der Waals surface area contributed by atoms with Crippen molar-refractivity contribution in [1.29, 1.82) is 10.5 Å². The van der Waals surface area contributed by atoms with Crippen LogP contribution in [0.2, 0.25) is 0 Å². The minimum absolute atomic E-state index is 0. The molecule has 6 heterocycles. The fraction of sp³-hybridized carbons (Fsp3) is 0.302. The Morgan fingerprint density at radius 1 is 0.769 bits per heavy atom. The molecule has 22 heteroatoms. The van der Waals surface area contributed by atoms with Gasteiger partial charge in [-0.25, -0.2) is 19.6 Å². The molecule has 0 aliphatic rings. The van der Waals surface area contributed by atoms with E-state index in [-0.39, 0.29) is 99.2 Å². The van der Waals surface area contributed by atoms with Gasteiger partial charge >= 0.3 is 5.97 Å². The number of unbranched alkanes of at least 4 members (excludes halogenated alkanes) is 2. The Kier molecular flexibility index (Phi) is 17.8. The second-order valence-corrected chi connectivity index (χ2v) is 13.8. The molecule has 0 aliphatic heterocycles. The van der Waals surface area contributed by atoms with Crippen LogP contribution in [0.4, 0.5) is 28.7 Å². The summed E-state index contributed by atoms with van der Waals surface area (Å²) in [5.41, 5.74) is -0.864. The Balaban J connectivity index is 0.000000282. The summed E-state index contributed by atoms with van der Waals surface area (Å²) in [6.45, 7) is 16.9. The normalized spacial score (nSPS) is 10.7. The van der Waals surface area contributed by atoms with E-state index in [4.69, 9.17) is 11.3 Å². The molecule has 6 aromatic rings. The van der Waals surface area contributed by atoms with E-state index in [2.05, 4.69) is 45.5 Å². The first-order chi connectivity index (χ1) is 31.0. The van der Waals surface area contributed by atoms with Crippen molar-refractivity contribution in [3.8, 4) is 35.5 Å². The average molecular weight is 929 g/mol. The fourth-order valence-electron chi connectivity index (χ4n) is 6.01. The van der Waals surface area contributed by atoms with Crippen LogP contribution in [-0.4, -0.2) is 61.5 Å². The van der Waals surface area contributed by atoms with Gasteiger partial charge < -0.3 is 14.9 Å². The van der Waals surface area contributed by atoms with Gasteiger partial charge in [-0.2, -0.15) is 30.1 Å². The first-order valence-electron chi connectivity index (χ1n) is 20.1. The minimum Gasteiger partial charge on any atom is -0.493 e. The molecule has 0 spiro atoms. The number of nitriles is 2. The number of pyridine rings is 4. The van der Waals surface area contributed by atoms with Crippen molar-refractivity contribution in [2.75, 3.05) is 6.61 Å². The molecule has 21 nitrogen and oxygen atoms in total. The fourth-order valence-corrected chi connectivity index (χ4v) is 6.01. The van der Waals surface area contributed by atoms with Crippen molar-refractivity contribution < 1.29 is 36.8 Å². The minimum atomic E-state index is -0.631. The van der Waals surface area contributed by atoms with E-state index >= 15 is 0 Å². The van der Waals surface area contributed by atoms with Crippen LogP contribution in [0.1, 0.15) is 85.5 Å². The molecular formula is C43H43CuN15O6. The molecule has 0 bridgehead atoms. The standard InChI is InChI=1S/C23H25N7O4.C20H18N8O2.Cu/c1-5-7-12-29-21(31)18(24-4)15(3)19(22(29)32)27-28-20-16(23(33)34-13-6-2)14-26-30(20)17-10-8-9-11-25-17;1-3-4-9-27-19(29)15(11-22)13(2)17(20(27)30)25-26-18-14(10-21)12-24-28(18)16-7-5-6-8-23-16;/h8-11,14,32H,5-7,12-13H2,1-3H3;5-8,12,30H,3-4,9H2,1-2H3;. The number of aromatic hydroxyl groups is 2. The van der Waals surface area contributed by atoms with Crippen molar-refractivity contribution >= 4 is 34.7 Å². The first kappa shape index (κ1) is 49.5. The van der Waals surface area contributed by atoms with E-state index in [0.717, 1.165) is 22.0 Å². The molecule has 1 radical (unpaired) electrons. The number of rotatable bonds is 15. The number of carbonyl (C=O) groups is 1. The predicted octanol–water partition coefficient (Wildman–Crippen LogP) is 8.18. The third kappa shape index (κ3) is 10.9. The number of aromatic nitrogens is 8. The maximum absolute atomic E-state index is 12.6. The summed E-state index contributed by atoms with van der Waals surface area (Å²) >= 11 is 0. The summed E-state index contributed by atoms with van der Waals surface area (Å²) in [6, 6.07) is 14.2. The van der Waals surface area contributed by atoms with Gasteiger partial charge in [-0.05, 0) is 62.9 Å². The van der Waals surface area contributed by atoms with Gasteiger partial charge in [0.2, 0.25) is 11.8 Å². The molecule has 6 rings (SSSR count). The molecule has 0 aliphatic carbocycles. The molecule has 65 heavy (non-hydrogen) atoms. The van der Waals surface area contributed by atoms with Crippen LogP contribution in [0.5, 0.6) is 11.8 Å². The molecule has 0 aromatic carbocycles. The molecule has 6 aromatic heterocycles. The van der Waals surface area contributed by atoms with Gasteiger partial charge in [-0.3, -0.25) is 18.7 Å². The Labute approximate surface area is 383 Å². The summed E-state index contributed by atoms with van der Waals surface area (Å²) < 4.78 is 10.1. The molecular weight excluding hydrogens is 886 g/mol. The third-order valence-corrected chi connectivity index (χ3v) is 9.46. The number of esters is 1. The number of hydrogen-bond donors (Lipinski definition) is 2. The van der Waals surface area contributed by atoms with Gasteiger partial charge in [0.1, 0.15) is 34.5 Å². The number of nitrogens with zero attached hydrogens (tertiary/aromatic N) is 15. The average Bonchev–Trinajstić information content (AvgIpc) is 3.93. The molecule has 0 unspecified atom stereocenters. The van der Waals surface area contributed by atoms with Crippen LogP contribution in [0.25, 0.3) is 16.5 Å². The van der Waals surface area contributed by atoms with E-state index in [1.165, 1.54) is 35.6 Å². The quantitative estimate of drug-likeness (QED) is 0.0427. The van der Waals surface area contributed by atoms with E-state index < -0.39 is 23.0 Å². The number of carbonyl (C=O) groups excluding carboxylic acids is 1. The molecule has 2 N–H and O–H groups in total. The summed E-state index contributed by atoms with van der Waals surface area (Å²) in [5, 5.41) is 65.1. The van der Waals surface area contributed by atoms with Gasteiger partial charge in [0.05, 0.1) is 25.6 Å². The molecule has 0 saturated heterocycles. The SMILES string of the molecule is CCCCn1c(O)c(N=Nc2c(C#N)cnn2-c2ccccn2)c(C)c(C#N)c1=O.[C-]#[N+]c1c(C)c(N=Nc2c(C(=O)OCCC)cnn2-c2ccccn2)c(O)n(CCCC)c1=O.[Cu]. The molecule has 0 atom stereocenters. The van der Waals surface area contributed by atoms with Gasteiger partial charge in [-0.15, -0.1) is 20.5 Å². The number of ether oxygens (including phenoxy) is 1. The van der Waals surface area contributed by atoms with E-state index in [1.54, 1.807) is 48.8 Å². The number of azo groups is 2. The van der Waals surface area contributed by atoms with Gasteiger partial charge in [0.25, 0.3) is 16.8 Å². The smallest absolute Gasteiger partial charge is 0.343 e. The Hall–Kier alpha value is -8.12. The van der Waals surface area contributed by atoms with Crippen molar-refractivity contribution in [1.82, 2.24) is 38.7 Å². The van der Waals surface area contributed by atoms with E-state index in [0.29, 0.717) is 30.9 Å². The zero-order chi connectivity index (χ0) is 46.3. The van der Waals surface area contributed by atoms with E-state index in [9.17, 15) is 35.1 Å². The monoisotopic (exact) mass is 928 g/mol. The second-order valence-electron chi connectivity index (χ2n) is 13.8. The summed E-state index contributed by atoms with van der Waals surface area (Å²) in [7, 11) is 0. The van der Waals surface area contributed by atoms with Crippen LogP contribution in [0.3, 0.4) is 0 Å². The van der Waals surface area contributed by atoms with Crippen molar-refractivity contribution in [3.05, 3.63) is 121 Å². The molecule has 0 fully saturated rings. The first-order valence-corrected chi connectivity index (χ1v) is 20.1. The molecule has 0 amide bonds. The third-order valence-electron chi connectivity index (χ3n) is 9.46. The summed E-state index contributed by atoms with van der Waals surface area (Å²) in [6.07, 6.45) is 9.27. The van der Waals surface area contributed by atoms with Crippen LogP contribution < -0.4 is 11.1 Å². The van der Waals surface area contributed by atoms with Crippen LogP contribution in [-0.2, 0) is 34.9 Å². The molecule has 0 saturated carbocycles. The zero-order valence-electron chi connectivity index (χ0n) is 36.0. The van der Waals surface area contributed by atoms with Gasteiger partial charge in [0, 0.05) is 48.1 Å². The number of hydrogen-bond acceptors (Lipinski definition) is 16. The van der Waals surface area contributed by atoms with Crippen molar-refractivity contribution in [2.45, 2.75) is 79.8 Å². The largest absolute Gasteiger partial charge is 0.493 e. The Bertz CT molecular complexity index is 2960. The second kappa shape index (κ2) is 23.4. The molecule has 337 valence electrons. The summed E-state index contributed by atoms with van der Waals surface area (Å²) in [4.78, 5) is 49.5. The van der Waals surface area contributed by atoms with Crippen molar-refractivity contribution in [3.63, 3.8) is 0 Å². The van der Waals surface area contributed by atoms with Crippen LogP contribution >= 0.6 is 0 Å². The Morgan fingerprint density at radius 2 is 1.31 bits per heavy atom. The van der Waals surface area contributed by atoms with Gasteiger partial charge in [-0.1, -0.05) is 45.7 Å². The zero-order valence-corrected chi connectivity index (χ0v) is 36.9. The van der Waals surface area contributed by atoms with Gasteiger partial charge in [0.15, 0.2) is 29.0 Å². The summed E-state index contributed by atoms with van der Waals surface area (Å²) in [5.74, 6) is -0.439. The van der Waals surface area contributed by atoms with Crippen molar-refractivity contribution in [2.24, 2.45) is 20.5 Å². The maximum Gasteiger partial charge on any atom is 0.343 e. The predicted molar refractivity (Wildman–Crippen MR) is 231 cm³/mol. The van der Waals surface area contributed by atoms with Crippen LogP contribution in [0.15, 0.2) is 91.2 Å². The maximum atomic E-state index is 12.6. The van der Waals surface area contributed by atoms with E-state index in [1.807, 2.05) is 32.9 Å². The van der Waals surface area contributed by atoms with Crippen LogP contribution in [0, 0.1) is 43.1 Å². The Morgan fingerprint density at radius 3 is 1.82 bits per heavy atom.